The number of aliphatic hydroxyl groups excluding tert-OH is 1. The second kappa shape index (κ2) is 4.45. The molecule has 2 atom stereocenters. The van der Waals surface area contributed by atoms with Gasteiger partial charge in [-0.25, -0.2) is 4.39 Å². The first kappa shape index (κ1) is 12.3. The standard InChI is InChI=1S/C13H15FN2O3/c14-12-7-10(16(18)19)3-4-13(12)15-8-1-2-9(15)6-11(17)5-8/h3-4,7-9,11,17H,1-2,5-6H2. The minimum Gasteiger partial charge on any atom is -0.393 e. The molecule has 102 valence electrons. The number of hydrogen-bond acceptors (Lipinski definition) is 4. The van der Waals surface area contributed by atoms with Crippen LogP contribution in [0.4, 0.5) is 15.8 Å². The third-order valence-electron chi connectivity index (χ3n) is 4.13. The zero-order chi connectivity index (χ0) is 13.6. The Morgan fingerprint density at radius 2 is 1.95 bits per heavy atom. The molecule has 5 nitrogen and oxygen atoms in total. The van der Waals surface area contributed by atoms with Gasteiger partial charge in [-0.05, 0) is 31.7 Å². The summed E-state index contributed by atoms with van der Waals surface area (Å²) in [5.41, 5.74) is 0.190. The Kier molecular flexibility index (Phi) is 2.89. The van der Waals surface area contributed by atoms with Crippen LogP contribution in [0.3, 0.4) is 0 Å². The smallest absolute Gasteiger partial charge is 0.272 e. The number of halogens is 1. The minimum absolute atomic E-state index is 0.143. The highest BCUT2D eigenvalue weighted by atomic mass is 19.1. The largest absolute Gasteiger partial charge is 0.393 e. The molecule has 0 saturated carbocycles. The molecule has 0 amide bonds. The number of rotatable bonds is 2. The van der Waals surface area contributed by atoms with Crippen LogP contribution in [0.15, 0.2) is 18.2 Å². The van der Waals surface area contributed by atoms with Gasteiger partial charge in [0.2, 0.25) is 0 Å². The van der Waals surface area contributed by atoms with Gasteiger partial charge in [-0.15, -0.1) is 0 Å². The fourth-order valence-electron chi connectivity index (χ4n) is 3.36. The Labute approximate surface area is 109 Å². The molecular formula is C13H15FN2O3. The number of nitrogens with zero attached hydrogens (tertiary/aromatic N) is 2. The van der Waals surface area contributed by atoms with E-state index in [0.717, 1.165) is 18.9 Å². The number of hydrogen-bond donors (Lipinski definition) is 1. The van der Waals surface area contributed by atoms with E-state index in [-0.39, 0.29) is 23.9 Å². The van der Waals surface area contributed by atoms with Crippen molar-refractivity contribution >= 4 is 11.4 Å². The predicted molar refractivity (Wildman–Crippen MR) is 67.6 cm³/mol. The van der Waals surface area contributed by atoms with E-state index >= 15 is 0 Å². The molecule has 1 aromatic carbocycles. The van der Waals surface area contributed by atoms with E-state index in [9.17, 15) is 19.6 Å². The van der Waals surface area contributed by atoms with Crippen LogP contribution < -0.4 is 4.90 Å². The van der Waals surface area contributed by atoms with Crippen molar-refractivity contribution in [1.29, 1.82) is 0 Å². The van der Waals surface area contributed by atoms with E-state index in [0.29, 0.717) is 18.5 Å². The van der Waals surface area contributed by atoms with E-state index in [1.807, 2.05) is 4.90 Å². The fourth-order valence-corrected chi connectivity index (χ4v) is 3.36. The van der Waals surface area contributed by atoms with Crippen molar-refractivity contribution in [3.63, 3.8) is 0 Å². The van der Waals surface area contributed by atoms with Gasteiger partial charge < -0.3 is 10.0 Å². The first-order chi connectivity index (χ1) is 9.06. The zero-order valence-corrected chi connectivity index (χ0v) is 10.3. The lowest BCUT2D eigenvalue weighted by Crippen LogP contribution is -2.45. The molecule has 2 aliphatic rings. The van der Waals surface area contributed by atoms with Crippen LogP contribution >= 0.6 is 0 Å². The maximum absolute atomic E-state index is 14.1. The molecule has 6 heteroatoms. The van der Waals surface area contributed by atoms with Crippen molar-refractivity contribution in [3.05, 3.63) is 34.1 Å². The van der Waals surface area contributed by atoms with Crippen LogP contribution in [-0.4, -0.2) is 28.2 Å². The van der Waals surface area contributed by atoms with Gasteiger partial charge in [0, 0.05) is 18.2 Å². The molecule has 0 aromatic heterocycles. The highest BCUT2D eigenvalue weighted by Gasteiger charge is 2.41. The highest BCUT2D eigenvalue weighted by molar-refractivity contribution is 5.55. The van der Waals surface area contributed by atoms with E-state index in [1.165, 1.54) is 12.1 Å². The van der Waals surface area contributed by atoms with Crippen LogP contribution in [0.5, 0.6) is 0 Å². The Bertz CT molecular complexity index is 509. The third-order valence-corrected chi connectivity index (χ3v) is 4.13. The number of aliphatic hydroxyl groups is 1. The van der Waals surface area contributed by atoms with E-state index in [2.05, 4.69) is 0 Å². The number of nitro groups is 1. The van der Waals surface area contributed by atoms with E-state index < -0.39 is 10.7 Å². The van der Waals surface area contributed by atoms with Crippen molar-refractivity contribution in [2.24, 2.45) is 0 Å². The van der Waals surface area contributed by atoms with Gasteiger partial charge in [-0.2, -0.15) is 0 Å². The Balaban J connectivity index is 1.93. The van der Waals surface area contributed by atoms with Crippen molar-refractivity contribution in [2.75, 3.05) is 4.90 Å². The summed E-state index contributed by atoms with van der Waals surface area (Å²) in [5.74, 6) is -0.553. The topological polar surface area (TPSA) is 66.6 Å². The highest BCUT2D eigenvalue weighted by Crippen LogP contribution is 2.40. The zero-order valence-electron chi connectivity index (χ0n) is 10.3. The molecule has 3 rings (SSSR count). The van der Waals surface area contributed by atoms with Gasteiger partial charge in [0.05, 0.1) is 22.8 Å². The van der Waals surface area contributed by atoms with Gasteiger partial charge in [-0.1, -0.05) is 0 Å². The number of piperidine rings is 1. The second-order valence-electron chi connectivity index (χ2n) is 5.31. The summed E-state index contributed by atoms with van der Waals surface area (Å²) in [5, 5.41) is 20.3. The maximum atomic E-state index is 14.1. The number of benzene rings is 1. The van der Waals surface area contributed by atoms with Crippen LogP contribution in [0.2, 0.25) is 0 Å². The molecule has 2 unspecified atom stereocenters. The monoisotopic (exact) mass is 266 g/mol. The normalized spacial score (nSPS) is 29.6. The van der Waals surface area contributed by atoms with Crippen LogP contribution in [-0.2, 0) is 0 Å². The Hall–Kier alpha value is -1.69. The maximum Gasteiger partial charge on any atom is 0.272 e. The Morgan fingerprint density at radius 3 is 2.47 bits per heavy atom. The number of anilines is 1. The summed E-state index contributed by atoms with van der Waals surface area (Å²) >= 11 is 0. The molecule has 1 aromatic rings. The lowest BCUT2D eigenvalue weighted by molar-refractivity contribution is -0.385. The van der Waals surface area contributed by atoms with Crippen LogP contribution in [0, 0.1) is 15.9 Å². The van der Waals surface area contributed by atoms with Gasteiger partial charge in [-0.3, -0.25) is 10.1 Å². The average molecular weight is 266 g/mol. The molecule has 2 bridgehead atoms. The van der Waals surface area contributed by atoms with Gasteiger partial charge >= 0.3 is 0 Å². The summed E-state index contributed by atoms with van der Waals surface area (Å²) < 4.78 is 14.1. The Morgan fingerprint density at radius 1 is 1.32 bits per heavy atom. The summed E-state index contributed by atoms with van der Waals surface area (Å²) in [6.45, 7) is 0. The summed E-state index contributed by atoms with van der Waals surface area (Å²) in [6.07, 6.45) is 2.87. The second-order valence-corrected chi connectivity index (χ2v) is 5.31. The molecule has 2 fully saturated rings. The molecular weight excluding hydrogens is 251 g/mol. The number of fused-ring (bicyclic) bond motifs is 2. The average Bonchev–Trinajstić information content (AvgIpc) is 2.62. The molecule has 2 saturated heterocycles. The van der Waals surface area contributed by atoms with Gasteiger partial charge in [0.15, 0.2) is 5.82 Å². The van der Waals surface area contributed by atoms with E-state index in [1.54, 1.807) is 0 Å². The SMILES string of the molecule is O=[N+]([O-])c1ccc(N2C3CCC2CC(O)C3)c(F)c1. The predicted octanol–water partition coefficient (Wildman–Crippen LogP) is 2.23. The summed E-state index contributed by atoms with van der Waals surface area (Å²) in [7, 11) is 0. The molecule has 2 aliphatic heterocycles. The molecule has 2 heterocycles. The molecule has 0 radical (unpaired) electrons. The van der Waals surface area contributed by atoms with Crippen LogP contribution in [0.25, 0.3) is 0 Å². The molecule has 0 aliphatic carbocycles. The summed E-state index contributed by atoms with van der Waals surface area (Å²) in [6, 6.07) is 4.08. The number of nitro benzene ring substituents is 1. The van der Waals surface area contributed by atoms with Crippen LogP contribution in [0.1, 0.15) is 25.7 Å². The van der Waals surface area contributed by atoms with Crippen molar-refractivity contribution in [3.8, 4) is 0 Å². The lowest BCUT2D eigenvalue weighted by Gasteiger charge is -2.39. The minimum atomic E-state index is -0.596. The quantitative estimate of drug-likeness (QED) is 0.658. The molecule has 0 spiro atoms. The molecule has 19 heavy (non-hydrogen) atoms. The number of non-ortho nitro benzene ring substituents is 1. The molecule has 1 N–H and O–H groups in total. The summed E-state index contributed by atoms with van der Waals surface area (Å²) in [4.78, 5) is 12.0. The third kappa shape index (κ3) is 2.06. The van der Waals surface area contributed by atoms with Crippen molar-refractivity contribution in [2.45, 2.75) is 43.9 Å². The first-order valence-electron chi connectivity index (χ1n) is 6.46. The van der Waals surface area contributed by atoms with Gasteiger partial charge in [0.25, 0.3) is 5.69 Å². The fraction of sp³-hybridized carbons (Fsp3) is 0.538. The van der Waals surface area contributed by atoms with Crippen molar-refractivity contribution < 1.29 is 14.4 Å². The van der Waals surface area contributed by atoms with E-state index in [4.69, 9.17) is 0 Å². The van der Waals surface area contributed by atoms with Crippen molar-refractivity contribution in [1.82, 2.24) is 0 Å². The lowest BCUT2D eigenvalue weighted by atomic mass is 9.99. The van der Waals surface area contributed by atoms with Gasteiger partial charge in [0.1, 0.15) is 0 Å². The first-order valence-corrected chi connectivity index (χ1v) is 6.46.